The van der Waals surface area contributed by atoms with Gasteiger partial charge in [-0.2, -0.15) is 0 Å². The van der Waals surface area contributed by atoms with Gasteiger partial charge in [0.1, 0.15) is 10.8 Å². The Kier molecular flexibility index (Phi) is 2.98. The Labute approximate surface area is 112 Å². The minimum atomic E-state index is -0.304. The molecule has 3 rings (SSSR count). The standard InChI is InChI=1S/C14H17FN2S/c15-13-7-11(5-6-12(13)14(16)18)17(10-3-4-10)8-9-1-2-9/h5-7,9-10H,1-4,8H2,(H2,16,18). The molecule has 0 atom stereocenters. The number of nitrogens with two attached hydrogens (primary N) is 1. The van der Waals surface area contributed by atoms with E-state index in [1.54, 1.807) is 12.1 Å². The lowest BCUT2D eigenvalue weighted by atomic mass is 10.1. The summed E-state index contributed by atoms with van der Waals surface area (Å²) in [5.74, 6) is 0.505. The summed E-state index contributed by atoms with van der Waals surface area (Å²) >= 11 is 4.83. The fourth-order valence-corrected chi connectivity index (χ4v) is 2.48. The molecule has 2 fully saturated rings. The maximum absolute atomic E-state index is 13.9. The average molecular weight is 264 g/mol. The predicted octanol–water partition coefficient (Wildman–Crippen LogP) is 2.84. The monoisotopic (exact) mass is 264 g/mol. The quantitative estimate of drug-likeness (QED) is 0.829. The van der Waals surface area contributed by atoms with Gasteiger partial charge < -0.3 is 10.6 Å². The van der Waals surface area contributed by atoms with Crippen molar-refractivity contribution in [2.45, 2.75) is 31.7 Å². The number of hydrogen-bond acceptors (Lipinski definition) is 2. The Morgan fingerprint density at radius 2 is 2.06 bits per heavy atom. The molecule has 0 spiro atoms. The molecule has 0 heterocycles. The maximum Gasteiger partial charge on any atom is 0.135 e. The van der Waals surface area contributed by atoms with E-state index in [1.807, 2.05) is 6.07 Å². The molecule has 96 valence electrons. The van der Waals surface area contributed by atoms with Crippen LogP contribution in [0.3, 0.4) is 0 Å². The van der Waals surface area contributed by atoms with E-state index >= 15 is 0 Å². The number of anilines is 1. The molecule has 0 aromatic heterocycles. The second-order valence-corrected chi connectivity index (χ2v) is 5.80. The van der Waals surface area contributed by atoms with Gasteiger partial charge in [-0.3, -0.25) is 0 Å². The van der Waals surface area contributed by atoms with Crippen LogP contribution in [0, 0.1) is 11.7 Å². The number of rotatable bonds is 5. The summed E-state index contributed by atoms with van der Waals surface area (Å²) in [6, 6.07) is 5.84. The van der Waals surface area contributed by atoms with Crippen LogP contribution in [0.4, 0.5) is 10.1 Å². The van der Waals surface area contributed by atoms with Gasteiger partial charge in [-0.25, -0.2) is 4.39 Å². The Bertz CT molecular complexity index is 481. The third-order valence-electron chi connectivity index (χ3n) is 3.69. The minimum Gasteiger partial charge on any atom is -0.389 e. The van der Waals surface area contributed by atoms with Crippen LogP contribution >= 0.6 is 12.2 Å². The highest BCUT2D eigenvalue weighted by molar-refractivity contribution is 7.80. The van der Waals surface area contributed by atoms with E-state index in [0.717, 1.165) is 18.2 Å². The molecule has 1 aromatic rings. The van der Waals surface area contributed by atoms with Crippen LogP contribution in [0.25, 0.3) is 0 Å². The first-order chi connectivity index (χ1) is 8.65. The number of hydrogen-bond donors (Lipinski definition) is 1. The Hall–Kier alpha value is -1.16. The molecule has 2 N–H and O–H groups in total. The summed E-state index contributed by atoms with van der Waals surface area (Å²) in [6.07, 6.45) is 5.09. The SMILES string of the molecule is NC(=S)c1ccc(N(CC2CC2)C2CC2)cc1F. The van der Waals surface area contributed by atoms with Crippen molar-refractivity contribution in [2.24, 2.45) is 11.7 Å². The van der Waals surface area contributed by atoms with Crippen molar-refractivity contribution >= 4 is 22.9 Å². The molecule has 18 heavy (non-hydrogen) atoms. The zero-order valence-electron chi connectivity index (χ0n) is 10.2. The van der Waals surface area contributed by atoms with Gasteiger partial charge in [0.15, 0.2) is 0 Å². The minimum absolute atomic E-state index is 0.124. The van der Waals surface area contributed by atoms with E-state index < -0.39 is 0 Å². The Morgan fingerprint density at radius 3 is 2.56 bits per heavy atom. The van der Waals surface area contributed by atoms with E-state index in [2.05, 4.69) is 4.90 Å². The number of nitrogens with zero attached hydrogens (tertiary/aromatic N) is 1. The van der Waals surface area contributed by atoms with Crippen molar-refractivity contribution in [3.8, 4) is 0 Å². The van der Waals surface area contributed by atoms with Crippen LogP contribution < -0.4 is 10.6 Å². The molecule has 0 amide bonds. The topological polar surface area (TPSA) is 29.3 Å². The van der Waals surface area contributed by atoms with Gasteiger partial charge in [0.2, 0.25) is 0 Å². The van der Waals surface area contributed by atoms with Gasteiger partial charge in [0.05, 0.1) is 0 Å². The molecule has 0 aliphatic heterocycles. The molecule has 2 aliphatic carbocycles. The smallest absolute Gasteiger partial charge is 0.135 e. The molecule has 4 heteroatoms. The highest BCUT2D eigenvalue weighted by Gasteiger charge is 2.34. The number of thiocarbonyl (C=S) groups is 1. The van der Waals surface area contributed by atoms with E-state index in [0.29, 0.717) is 11.6 Å². The zero-order valence-corrected chi connectivity index (χ0v) is 11.0. The zero-order chi connectivity index (χ0) is 12.7. The highest BCUT2D eigenvalue weighted by atomic mass is 32.1. The third kappa shape index (κ3) is 2.48. The van der Waals surface area contributed by atoms with Crippen LogP contribution in [0.15, 0.2) is 18.2 Å². The summed E-state index contributed by atoms with van der Waals surface area (Å²) < 4.78 is 13.9. The summed E-state index contributed by atoms with van der Waals surface area (Å²) in [4.78, 5) is 2.48. The van der Waals surface area contributed by atoms with Gasteiger partial charge >= 0.3 is 0 Å². The van der Waals surface area contributed by atoms with Gasteiger partial charge in [0, 0.05) is 23.8 Å². The number of halogens is 1. The van der Waals surface area contributed by atoms with E-state index in [1.165, 1.54) is 25.7 Å². The van der Waals surface area contributed by atoms with Crippen LogP contribution in [0.5, 0.6) is 0 Å². The molecular weight excluding hydrogens is 247 g/mol. The van der Waals surface area contributed by atoms with Crippen LogP contribution in [0.2, 0.25) is 0 Å². The second kappa shape index (κ2) is 4.50. The fourth-order valence-electron chi connectivity index (χ4n) is 2.31. The van der Waals surface area contributed by atoms with Gasteiger partial charge in [-0.15, -0.1) is 0 Å². The first-order valence-electron chi connectivity index (χ1n) is 6.51. The normalized spacial score (nSPS) is 18.7. The largest absolute Gasteiger partial charge is 0.389 e. The Morgan fingerprint density at radius 1 is 1.33 bits per heavy atom. The van der Waals surface area contributed by atoms with Crippen molar-refractivity contribution in [3.63, 3.8) is 0 Å². The molecule has 2 aliphatic rings. The summed E-state index contributed by atoms with van der Waals surface area (Å²) in [5, 5.41) is 0. The highest BCUT2D eigenvalue weighted by Crippen LogP contribution is 2.38. The molecule has 1 aromatic carbocycles. The van der Waals surface area contributed by atoms with Gasteiger partial charge in [-0.05, 0) is 49.8 Å². The van der Waals surface area contributed by atoms with Crippen molar-refractivity contribution in [3.05, 3.63) is 29.6 Å². The molecule has 2 saturated carbocycles. The Balaban J connectivity index is 1.84. The lowest BCUT2D eigenvalue weighted by Gasteiger charge is -2.25. The van der Waals surface area contributed by atoms with Crippen molar-refractivity contribution in [1.82, 2.24) is 0 Å². The van der Waals surface area contributed by atoms with Crippen molar-refractivity contribution in [2.75, 3.05) is 11.4 Å². The fraction of sp³-hybridized carbons (Fsp3) is 0.500. The molecular formula is C14H17FN2S. The predicted molar refractivity (Wildman–Crippen MR) is 75.4 cm³/mol. The van der Waals surface area contributed by atoms with Crippen LogP contribution in [-0.2, 0) is 0 Å². The third-order valence-corrected chi connectivity index (χ3v) is 3.91. The summed E-state index contributed by atoms with van der Waals surface area (Å²) in [6.45, 7) is 1.07. The molecule has 0 radical (unpaired) electrons. The maximum atomic E-state index is 13.9. The molecule has 0 unspecified atom stereocenters. The van der Waals surface area contributed by atoms with Gasteiger partial charge in [0.25, 0.3) is 0 Å². The van der Waals surface area contributed by atoms with Crippen molar-refractivity contribution < 1.29 is 4.39 Å². The first kappa shape index (κ1) is 11.9. The number of benzene rings is 1. The van der Waals surface area contributed by atoms with E-state index in [4.69, 9.17) is 18.0 Å². The van der Waals surface area contributed by atoms with Crippen molar-refractivity contribution in [1.29, 1.82) is 0 Å². The summed E-state index contributed by atoms with van der Waals surface area (Å²) in [7, 11) is 0. The van der Waals surface area contributed by atoms with Crippen LogP contribution in [0.1, 0.15) is 31.2 Å². The van der Waals surface area contributed by atoms with E-state index in [9.17, 15) is 4.39 Å². The lowest BCUT2D eigenvalue weighted by molar-refractivity contribution is 0.622. The first-order valence-corrected chi connectivity index (χ1v) is 6.92. The second-order valence-electron chi connectivity index (χ2n) is 5.36. The molecule has 2 nitrogen and oxygen atoms in total. The molecule has 0 bridgehead atoms. The van der Waals surface area contributed by atoms with E-state index in [-0.39, 0.29) is 10.8 Å². The van der Waals surface area contributed by atoms with Gasteiger partial charge in [-0.1, -0.05) is 12.2 Å². The van der Waals surface area contributed by atoms with Crippen LogP contribution in [-0.4, -0.2) is 17.6 Å². The molecule has 0 saturated heterocycles. The average Bonchev–Trinajstić information content (AvgIpc) is 3.18. The lowest BCUT2D eigenvalue weighted by Crippen LogP contribution is -2.28. The summed E-state index contributed by atoms with van der Waals surface area (Å²) in [5.41, 5.74) is 6.80.